The highest BCUT2D eigenvalue weighted by Gasteiger charge is 2.38. The smallest absolute Gasteiger partial charge is 0.243 e. The van der Waals surface area contributed by atoms with Crippen LogP contribution in [0.2, 0.25) is 0 Å². The highest BCUT2D eigenvalue weighted by molar-refractivity contribution is 7.89. The Labute approximate surface area is 173 Å². The average Bonchev–Trinajstić information content (AvgIpc) is 3.13. The summed E-state index contributed by atoms with van der Waals surface area (Å²) in [6.07, 6.45) is 5.28. The molecule has 0 radical (unpaired) electrons. The summed E-state index contributed by atoms with van der Waals surface area (Å²) >= 11 is 0. The lowest BCUT2D eigenvalue weighted by Crippen LogP contribution is -2.48. The van der Waals surface area contributed by atoms with Crippen molar-refractivity contribution in [1.29, 1.82) is 0 Å². The Bertz CT molecular complexity index is 863. The van der Waals surface area contributed by atoms with Gasteiger partial charge in [0, 0.05) is 38.2 Å². The Hall–Kier alpha value is -1.93. The lowest BCUT2D eigenvalue weighted by molar-refractivity contribution is -0.126. The molecule has 1 atom stereocenters. The molecule has 2 aliphatic rings. The van der Waals surface area contributed by atoms with Crippen LogP contribution < -0.4 is 10.2 Å². The summed E-state index contributed by atoms with van der Waals surface area (Å²) in [6.45, 7) is 5.48. The standard InChI is InChI=1S/C21H31N3O4S/c1-3-5-11-22-21(26)19-15-16-14-17(9-10-18(16)24(19)20(25)4-2)29(27,28)23-12-7-6-8-13-23/h9-10,14,19H,3-8,11-13,15H2,1-2H3,(H,22,26)/t19-/m1/s1. The van der Waals surface area contributed by atoms with Crippen molar-refractivity contribution in [2.45, 2.75) is 69.7 Å². The lowest BCUT2D eigenvalue weighted by Gasteiger charge is -2.26. The van der Waals surface area contributed by atoms with Crippen LogP contribution in [0.15, 0.2) is 23.1 Å². The second kappa shape index (κ2) is 9.26. The maximum atomic E-state index is 13.0. The molecule has 0 aliphatic carbocycles. The monoisotopic (exact) mass is 421 g/mol. The van der Waals surface area contributed by atoms with Gasteiger partial charge in [0.2, 0.25) is 21.8 Å². The molecule has 3 rings (SSSR count). The van der Waals surface area contributed by atoms with Gasteiger partial charge in [0.05, 0.1) is 4.90 Å². The van der Waals surface area contributed by atoms with Crippen LogP contribution in [0.3, 0.4) is 0 Å². The highest BCUT2D eigenvalue weighted by Crippen LogP contribution is 2.35. The molecule has 1 saturated heterocycles. The molecular formula is C21H31N3O4S. The van der Waals surface area contributed by atoms with Crippen LogP contribution in [-0.2, 0) is 26.0 Å². The van der Waals surface area contributed by atoms with E-state index in [9.17, 15) is 18.0 Å². The summed E-state index contributed by atoms with van der Waals surface area (Å²) in [6, 6.07) is 4.27. The fraction of sp³-hybridized carbons (Fsp3) is 0.619. The van der Waals surface area contributed by atoms with E-state index in [1.54, 1.807) is 25.1 Å². The largest absolute Gasteiger partial charge is 0.354 e. The van der Waals surface area contributed by atoms with E-state index in [1.807, 2.05) is 0 Å². The van der Waals surface area contributed by atoms with E-state index in [0.29, 0.717) is 31.7 Å². The highest BCUT2D eigenvalue weighted by atomic mass is 32.2. The summed E-state index contributed by atoms with van der Waals surface area (Å²) in [4.78, 5) is 27.1. The van der Waals surface area contributed by atoms with Crippen LogP contribution in [-0.4, -0.2) is 50.2 Å². The van der Waals surface area contributed by atoms with E-state index >= 15 is 0 Å². The Morgan fingerprint density at radius 3 is 2.52 bits per heavy atom. The topological polar surface area (TPSA) is 86.8 Å². The molecule has 0 unspecified atom stereocenters. The van der Waals surface area contributed by atoms with Gasteiger partial charge in [0.25, 0.3) is 0 Å². The van der Waals surface area contributed by atoms with Crippen LogP contribution in [0.25, 0.3) is 0 Å². The Balaban J connectivity index is 1.88. The van der Waals surface area contributed by atoms with Gasteiger partial charge in [-0.25, -0.2) is 8.42 Å². The summed E-state index contributed by atoms with van der Waals surface area (Å²) in [5.41, 5.74) is 1.38. The third kappa shape index (κ3) is 4.48. The molecule has 2 aliphatic heterocycles. The fourth-order valence-electron chi connectivity index (χ4n) is 4.04. The number of nitrogens with zero attached hydrogens (tertiary/aromatic N) is 2. The number of anilines is 1. The number of carbonyl (C=O) groups is 2. The number of benzene rings is 1. The zero-order chi connectivity index (χ0) is 21.0. The summed E-state index contributed by atoms with van der Waals surface area (Å²) in [5, 5.41) is 2.91. The quantitative estimate of drug-likeness (QED) is 0.685. The average molecular weight is 422 g/mol. The molecule has 7 nitrogen and oxygen atoms in total. The first-order valence-corrected chi connectivity index (χ1v) is 12.1. The predicted octanol–water partition coefficient (Wildman–Crippen LogP) is 2.45. The lowest BCUT2D eigenvalue weighted by atomic mass is 10.1. The van der Waals surface area contributed by atoms with Crippen LogP contribution in [0.1, 0.15) is 57.9 Å². The number of hydrogen-bond donors (Lipinski definition) is 1. The van der Waals surface area contributed by atoms with Gasteiger partial charge < -0.3 is 5.32 Å². The van der Waals surface area contributed by atoms with Gasteiger partial charge in [0.1, 0.15) is 6.04 Å². The Kier molecular flexibility index (Phi) is 6.95. The molecule has 160 valence electrons. The van der Waals surface area contributed by atoms with Crippen molar-refractivity contribution < 1.29 is 18.0 Å². The van der Waals surface area contributed by atoms with Crippen molar-refractivity contribution in [2.75, 3.05) is 24.5 Å². The molecule has 8 heteroatoms. The number of rotatable bonds is 7. The van der Waals surface area contributed by atoms with E-state index in [-0.39, 0.29) is 23.1 Å². The van der Waals surface area contributed by atoms with Crippen molar-refractivity contribution in [3.63, 3.8) is 0 Å². The van der Waals surface area contributed by atoms with Crippen LogP contribution in [0, 0.1) is 0 Å². The molecule has 1 aromatic rings. The van der Waals surface area contributed by atoms with Gasteiger partial charge in [-0.1, -0.05) is 26.7 Å². The maximum absolute atomic E-state index is 13.0. The van der Waals surface area contributed by atoms with Crippen LogP contribution in [0.4, 0.5) is 5.69 Å². The summed E-state index contributed by atoms with van der Waals surface area (Å²) in [5.74, 6) is -0.317. The molecule has 0 aromatic heterocycles. The van der Waals surface area contributed by atoms with Gasteiger partial charge >= 0.3 is 0 Å². The first-order chi connectivity index (χ1) is 13.9. The number of piperidine rings is 1. The number of amides is 2. The zero-order valence-corrected chi connectivity index (χ0v) is 18.1. The number of fused-ring (bicyclic) bond motifs is 1. The molecule has 0 bridgehead atoms. The molecule has 1 fully saturated rings. The molecule has 0 spiro atoms. The Morgan fingerprint density at radius 1 is 1.14 bits per heavy atom. The van der Waals surface area contributed by atoms with E-state index in [2.05, 4.69) is 12.2 Å². The minimum atomic E-state index is -3.55. The van der Waals surface area contributed by atoms with Crippen molar-refractivity contribution >= 4 is 27.5 Å². The first kappa shape index (κ1) is 21.8. The number of hydrogen-bond acceptors (Lipinski definition) is 4. The van der Waals surface area contributed by atoms with Crippen LogP contribution in [0.5, 0.6) is 0 Å². The second-order valence-corrected chi connectivity index (χ2v) is 9.67. The van der Waals surface area contributed by atoms with E-state index in [4.69, 9.17) is 0 Å². The number of nitrogens with one attached hydrogen (secondary N) is 1. The minimum Gasteiger partial charge on any atom is -0.354 e. The first-order valence-electron chi connectivity index (χ1n) is 10.6. The fourth-order valence-corrected chi connectivity index (χ4v) is 5.61. The third-order valence-electron chi connectivity index (χ3n) is 5.69. The van der Waals surface area contributed by atoms with Crippen molar-refractivity contribution in [1.82, 2.24) is 9.62 Å². The van der Waals surface area contributed by atoms with Crippen molar-refractivity contribution in [2.24, 2.45) is 0 Å². The van der Waals surface area contributed by atoms with Gasteiger partial charge in [-0.15, -0.1) is 0 Å². The predicted molar refractivity (Wildman–Crippen MR) is 112 cm³/mol. The number of carbonyl (C=O) groups excluding carboxylic acids is 2. The van der Waals surface area contributed by atoms with Crippen LogP contribution >= 0.6 is 0 Å². The van der Waals surface area contributed by atoms with Gasteiger partial charge in [-0.3, -0.25) is 14.5 Å². The number of unbranched alkanes of at least 4 members (excludes halogenated alkanes) is 1. The molecule has 29 heavy (non-hydrogen) atoms. The minimum absolute atomic E-state index is 0.133. The summed E-state index contributed by atoms with van der Waals surface area (Å²) in [7, 11) is -3.55. The van der Waals surface area contributed by atoms with E-state index in [0.717, 1.165) is 37.7 Å². The van der Waals surface area contributed by atoms with E-state index < -0.39 is 16.1 Å². The Morgan fingerprint density at radius 2 is 1.86 bits per heavy atom. The van der Waals surface area contributed by atoms with E-state index in [1.165, 1.54) is 9.21 Å². The van der Waals surface area contributed by atoms with Crippen molar-refractivity contribution in [3.05, 3.63) is 23.8 Å². The third-order valence-corrected chi connectivity index (χ3v) is 7.59. The maximum Gasteiger partial charge on any atom is 0.243 e. The SMILES string of the molecule is CCCCNC(=O)[C@H]1Cc2cc(S(=O)(=O)N3CCCCC3)ccc2N1C(=O)CC. The van der Waals surface area contributed by atoms with Gasteiger partial charge in [-0.2, -0.15) is 4.31 Å². The normalized spacial score (nSPS) is 19.8. The summed E-state index contributed by atoms with van der Waals surface area (Å²) < 4.78 is 27.6. The van der Waals surface area contributed by atoms with Gasteiger partial charge in [0.15, 0.2) is 0 Å². The number of sulfonamides is 1. The molecule has 2 heterocycles. The second-order valence-electron chi connectivity index (χ2n) is 7.74. The van der Waals surface area contributed by atoms with Gasteiger partial charge in [-0.05, 0) is 43.0 Å². The zero-order valence-electron chi connectivity index (χ0n) is 17.3. The molecular weight excluding hydrogens is 390 g/mol. The molecule has 0 saturated carbocycles. The molecule has 2 amide bonds. The molecule has 1 aromatic carbocycles. The molecule has 1 N–H and O–H groups in total. The van der Waals surface area contributed by atoms with Crippen molar-refractivity contribution in [3.8, 4) is 0 Å².